The van der Waals surface area contributed by atoms with Crippen LogP contribution in [0.25, 0.3) is 0 Å². The zero-order valence-electron chi connectivity index (χ0n) is 18.0. The molecule has 0 bridgehead atoms. The van der Waals surface area contributed by atoms with Gasteiger partial charge in [0, 0.05) is 37.2 Å². The van der Waals surface area contributed by atoms with Gasteiger partial charge in [0.25, 0.3) is 0 Å². The number of piperidine rings is 1. The molecule has 160 valence electrons. The molecule has 6 nitrogen and oxygen atoms in total. The molecule has 1 aromatic heterocycles. The molecule has 0 atom stereocenters. The summed E-state index contributed by atoms with van der Waals surface area (Å²) in [5, 5.41) is 6.86. The summed E-state index contributed by atoms with van der Waals surface area (Å²) in [4.78, 5) is 19.3. The van der Waals surface area contributed by atoms with Gasteiger partial charge in [0.15, 0.2) is 5.96 Å². The number of carbonyl (C=O) groups excluding carboxylic acids is 1. The van der Waals surface area contributed by atoms with Crippen molar-refractivity contribution in [1.82, 2.24) is 15.5 Å². The Morgan fingerprint density at radius 1 is 1.25 bits per heavy atom. The fourth-order valence-corrected chi connectivity index (χ4v) is 3.66. The van der Waals surface area contributed by atoms with E-state index in [1.54, 1.807) is 0 Å². The topological polar surface area (TPSA) is 69.9 Å². The number of hydrogen-bond acceptors (Lipinski definition) is 3. The van der Waals surface area contributed by atoms with Crippen molar-refractivity contribution >= 4 is 35.8 Å². The van der Waals surface area contributed by atoms with Crippen LogP contribution in [0.15, 0.2) is 15.5 Å². The van der Waals surface area contributed by atoms with Crippen LogP contribution in [0.2, 0.25) is 0 Å². The van der Waals surface area contributed by atoms with Crippen LogP contribution >= 0.6 is 24.0 Å². The molecule has 2 N–H and O–H groups in total. The SMILES string of the molecule is CCNC(=NCc1cc(C)oc1C)NC1CCN(C(=O)C(CC)CC)CC1.I. The highest BCUT2D eigenvalue weighted by atomic mass is 127. The minimum Gasteiger partial charge on any atom is -0.466 e. The maximum absolute atomic E-state index is 12.5. The van der Waals surface area contributed by atoms with Crippen LogP contribution in [0, 0.1) is 19.8 Å². The van der Waals surface area contributed by atoms with Crippen molar-refractivity contribution in [1.29, 1.82) is 0 Å². The minimum atomic E-state index is 0. The number of halogens is 1. The number of aliphatic imine (C=N–C) groups is 1. The highest BCUT2D eigenvalue weighted by Crippen LogP contribution is 2.18. The third-order valence-corrected chi connectivity index (χ3v) is 5.38. The van der Waals surface area contributed by atoms with E-state index in [0.29, 0.717) is 18.5 Å². The van der Waals surface area contributed by atoms with Gasteiger partial charge in [0.2, 0.25) is 5.91 Å². The van der Waals surface area contributed by atoms with E-state index in [0.717, 1.165) is 68.4 Å². The second kappa shape index (κ2) is 12.3. The number of rotatable bonds is 7. The highest BCUT2D eigenvalue weighted by molar-refractivity contribution is 14.0. The quantitative estimate of drug-likeness (QED) is 0.335. The van der Waals surface area contributed by atoms with E-state index in [-0.39, 0.29) is 29.9 Å². The maximum Gasteiger partial charge on any atom is 0.225 e. The number of guanidine groups is 1. The molecule has 0 unspecified atom stereocenters. The number of carbonyl (C=O) groups is 1. The van der Waals surface area contributed by atoms with Crippen LogP contribution in [0.4, 0.5) is 0 Å². The van der Waals surface area contributed by atoms with Crippen molar-refractivity contribution in [3.63, 3.8) is 0 Å². The first kappa shape index (κ1) is 24.8. The Hall–Kier alpha value is -1.25. The lowest BCUT2D eigenvalue weighted by Crippen LogP contribution is -2.50. The van der Waals surface area contributed by atoms with Crippen molar-refractivity contribution in [2.75, 3.05) is 19.6 Å². The van der Waals surface area contributed by atoms with E-state index >= 15 is 0 Å². The van der Waals surface area contributed by atoms with Crippen LogP contribution in [0.3, 0.4) is 0 Å². The smallest absolute Gasteiger partial charge is 0.225 e. The lowest BCUT2D eigenvalue weighted by molar-refractivity contribution is -0.136. The van der Waals surface area contributed by atoms with E-state index < -0.39 is 0 Å². The Bertz CT molecular complexity index is 632. The summed E-state index contributed by atoms with van der Waals surface area (Å²) < 4.78 is 5.58. The first-order valence-corrected chi connectivity index (χ1v) is 10.4. The molecule has 0 saturated carbocycles. The summed E-state index contributed by atoms with van der Waals surface area (Å²) in [6.07, 6.45) is 3.77. The summed E-state index contributed by atoms with van der Waals surface area (Å²) in [5.74, 6) is 3.19. The van der Waals surface area contributed by atoms with Crippen molar-refractivity contribution in [2.45, 2.75) is 72.9 Å². The first-order chi connectivity index (χ1) is 13.0. The Labute approximate surface area is 186 Å². The van der Waals surface area contributed by atoms with Gasteiger partial charge >= 0.3 is 0 Å². The normalized spacial score (nSPS) is 15.5. The molecule has 0 aliphatic carbocycles. The minimum absolute atomic E-state index is 0. The lowest BCUT2D eigenvalue weighted by Gasteiger charge is -2.34. The van der Waals surface area contributed by atoms with Gasteiger partial charge in [-0.1, -0.05) is 13.8 Å². The fraction of sp³-hybridized carbons (Fsp3) is 0.714. The predicted molar refractivity (Wildman–Crippen MR) is 125 cm³/mol. The van der Waals surface area contributed by atoms with Crippen LogP contribution in [0.5, 0.6) is 0 Å². The summed E-state index contributed by atoms with van der Waals surface area (Å²) in [7, 11) is 0. The van der Waals surface area contributed by atoms with Crippen LogP contribution < -0.4 is 10.6 Å². The monoisotopic (exact) mass is 504 g/mol. The largest absolute Gasteiger partial charge is 0.466 e. The highest BCUT2D eigenvalue weighted by Gasteiger charge is 2.26. The Balaban J connectivity index is 0.00000392. The van der Waals surface area contributed by atoms with Crippen molar-refractivity contribution in [3.8, 4) is 0 Å². The van der Waals surface area contributed by atoms with E-state index in [1.807, 2.05) is 24.8 Å². The number of furan rings is 1. The molecule has 1 saturated heterocycles. The number of aryl methyl sites for hydroxylation is 2. The molecular formula is C21H37IN4O2. The molecule has 0 spiro atoms. The van der Waals surface area contributed by atoms with Crippen LogP contribution in [-0.2, 0) is 11.3 Å². The molecule has 1 aromatic rings. The van der Waals surface area contributed by atoms with E-state index in [9.17, 15) is 4.79 Å². The Kier molecular flexibility index (Phi) is 10.9. The summed E-state index contributed by atoms with van der Waals surface area (Å²) in [5.41, 5.74) is 1.12. The van der Waals surface area contributed by atoms with Gasteiger partial charge in [-0.2, -0.15) is 0 Å². The molecule has 2 heterocycles. The molecule has 1 aliphatic rings. The van der Waals surface area contributed by atoms with Gasteiger partial charge in [0.1, 0.15) is 11.5 Å². The number of amides is 1. The van der Waals surface area contributed by atoms with Gasteiger partial charge in [-0.3, -0.25) is 4.79 Å². The lowest BCUT2D eigenvalue weighted by atomic mass is 9.98. The van der Waals surface area contributed by atoms with Gasteiger partial charge < -0.3 is 20.0 Å². The van der Waals surface area contributed by atoms with Crippen molar-refractivity contribution in [3.05, 3.63) is 23.2 Å². The van der Waals surface area contributed by atoms with Gasteiger partial charge in [-0.05, 0) is 52.5 Å². The average Bonchev–Trinajstić information content (AvgIpc) is 2.98. The molecule has 7 heteroatoms. The van der Waals surface area contributed by atoms with Crippen LogP contribution in [0.1, 0.15) is 63.5 Å². The summed E-state index contributed by atoms with van der Waals surface area (Å²) >= 11 is 0. The van der Waals surface area contributed by atoms with E-state index in [4.69, 9.17) is 9.41 Å². The molecule has 1 aliphatic heterocycles. The standard InChI is InChI=1S/C21H36N4O2.HI/c1-6-17(7-2)20(26)25-11-9-19(10-12-25)24-21(22-8-3)23-14-18-13-15(4)27-16(18)5;/h13,17,19H,6-12,14H2,1-5H3,(H2,22,23,24);1H. The van der Waals surface area contributed by atoms with Crippen molar-refractivity contribution in [2.24, 2.45) is 10.9 Å². The molecule has 0 radical (unpaired) electrons. The Morgan fingerprint density at radius 2 is 1.89 bits per heavy atom. The summed E-state index contributed by atoms with van der Waals surface area (Å²) in [6, 6.07) is 2.39. The number of nitrogens with zero attached hydrogens (tertiary/aromatic N) is 2. The van der Waals surface area contributed by atoms with Crippen LogP contribution in [-0.4, -0.2) is 42.4 Å². The number of nitrogens with one attached hydrogen (secondary N) is 2. The Morgan fingerprint density at radius 3 is 2.39 bits per heavy atom. The molecule has 1 fully saturated rings. The van der Waals surface area contributed by atoms with Gasteiger partial charge in [-0.15, -0.1) is 24.0 Å². The summed E-state index contributed by atoms with van der Waals surface area (Å²) in [6.45, 7) is 13.3. The molecule has 2 rings (SSSR count). The van der Waals surface area contributed by atoms with Gasteiger partial charge in [-0.25, -0.2) is 4.99 Å². The van der Waals surface area contributed by atoms with Gasteiger partial charge in [0.05, 0.1) is 6.54 Å². The van der Waals surface area contributed by atoms with E-state index in [2.05, 4.69) is 31.4 Å². The maximum atomic E-state index is 12.5. The zero-order chi connectivity index (χ0) is 19.8. The van der Waals surface area contributed by atoms with Crippen molar-refractivity contribution < 1.29 is 9.21 Å². The average molecular weight is 504 g/mol. The molecular weight excluding hydrogens is 467 g/mol. The second-order valence-corrected chi connectivity index (χ2v) is 7.39. The van der Waals surface area contributed by atoms with E-state index in [1.165, 1.54) is 0 Å². The predicted octanol–water partition coefficient (Wildman–Crippen LogP) is 4.00. The number of hydrogen-bond donors (Lipinski definition) is 2. The third-order valence-electron chi connectivity index (χ3n) is 5.38. The fourth-order valence-electron chi connectivity index (χ4n) is 3.66. The molecule has 0 aromatic carbocycles. The third kappa shape index (κ3) is 6.97. The first-order valence-electron chi connectivity index (χ1n) is 10.4. The number of likely N-dealkylation sites (tertiary alicyclic amines) is 1. The second-order valence-electron chi connectivity index (χ2n) is 7.39. The molecule has 1 amide bonds. The molecule has 28 heavy (non-hydrogen) atoms. The zero-order valence-corrected chi connectivity index (χ0v) is 20.3.